The molecule has 0 unspecified atom stereocenters. The van der Waals surface area contributed by atoms with Gasteiger partial charge in [0.15, 0.2) is 5.65 Å². The van der Waals surface area contributed by atoms with Crippen LogP contribution < -0.4 is 5.32 Å². The summed E-state index contributed by atoms with van der Waals surface area (Å²) < 4.78 is 8.22. The Kier molecular flexibility index (Phi) is 4.78. The van der Waals surface area contributed by atoms with Crippen LogP contribution in [0.2, 0.25) is 0 Å². The second-order valence-corrected chi connectivity index (χ2v) is 7.54. The summed E-state index contributed by atoms with van der Waals surface area (Å²) in [5, 5.41) is 7.85. The van der Waals surface area contributed by atoms with Crippen molar-refractivity contribution in [3.63, 3.8) is 0 Å². The topological polar surface area (TPSA) is 71.8 Å². The summed E-state index contributed by atoms with van der Waals surface area (Å²) in [6, 6.07) is 3.98. The molecule has 1 saturated heterocycles. The number of imidazole rings is 1. The molecular formula is C17H22BrN5O2. The summed E-state index contributed by atoms with van der Waals surface area (Å²) in [5.41, 5.74) is 0.792. The molecule has 134 valence electrons. The number of amides is 1. The number of carbonyl (C=O) groups excluding carboxylic acids is 1. The summed E-state index contributed by atoms with van der Waals surface area (Å²) in [7, 11) is 0. The lowest BCUT2D eigenvalue weighted by molar-refractivity contribution is 0.0633. The molecule has 1 saturated carbocycles. The van der Waals surface area contributed by atoms with Crippen LogP contribution in [0, 0.1) is 0 Å². The van der Waals surface area contributed by atoms with Crippen LogP contribution in [0.4, 0.5) is 10.6 Å². The summed E-state index contributed by atoms with van der Waals surface area (Å²) in [6.45, 7) is 1.45. The number of ether oxygens (including phenoxy) is 1. The van der Waals surface area contributed by atoms with Crippen molar-refractivity contribution in [2.75, 3.05) is 18.4 Å². The van der Waals surface area contributed by atoms with E-state index in [4.69, 9.17) is 4.74 Å². The molecule has 1 amide bonds. The molecule has 0 aromatic carbocycles. The van der Waals surface area contributed by atoms with Crippen molar-refractivity contribution >= 4 is 33.5 Å². The van der Waals surface area contributed by atoms with Gasteiger partial charge in [-0.05, 0) is 66.6 Å². The van der Waals surface area contributed by atoms with Gasteiger partial charge in [-0.25, -0.2) is 14.3 Å². The van der Waals surface area contributed by atoms with Gasteiger partial charge >= 0.3 is 6.09 Å². The number of aromatic nitrogens is 3. The minimum atomic E-state index is -0.156. The van der Waals surface area contributed by atoms with Crippen molar-refractivity contribution in [1.82, 2.24) is 19.5 Å². The number of fused-ring (bicyclic) bond motifs is 1. The number of nitrogens with zero attached hydrogens (tertiary/aromatic N) is 4. The lowest BCUT2D eigenvalue weighted by Crippen LogP contribution is -2.41. The van der Waals surface area contributed by atoms with Gasteiger partial charge in [0.2, 0.25) is 0 Å². The maximum Gasteiger partial charge on any atom is 0.410 e. The van der Waals surface area contributed by atoms with E-state index in [9.17, 15) is 4.79 Å². The number of anilines is 1. The van der Waals surface area contributed by atoms with Gasteiger partial charge < -0.3 is 15.0 Å². The molecule has 2 aliphatic rings. The summed E-state index contributed by atoms with van der Waals surface area (Å²) in [4.78, 5) is 18.6. The fraction of sp³-hybridized carbons (Fsp3) is 0.588. The Morgan fingerprint density at radius 2 is 2.12 bits per heavy atom. The second kappa shape index (κ2) is 7.19. The van der Waals surface area contributed by atoms with E-state index in [1.165, 1.54) is 12.8 Å². The number of hydrogen-bond donors (Lipinski definition) is 1. The second-order valence-electron chi connectivity index (χ2n) is 6.73. The zero-order chi connectivity index (χ0) is 17.2. The minimum absolute atomic E-state index is 0.115. The molecule has 1 aliphatic heterocycles. The molecule has 25 heavy (non-hydrogen) atoms. The number of hydrogen-bond acceptors (Lipinski definition) is 5. The molecule has 0 radical (unpaired) electrons. The number of halogens is 1. The van der Waals surface area contributed by atoms with Crippen molar-refractivity contribution in [3.05, 3.63) is 22.9 Å². The van der Waals surface area contributed by atoms with Crippen molar-refractivity contribution in [2.45, 2.75) is 50.7 Å². The molecule has 7 nitrogen and oxygen atoms in total. The molecule has 8 heteroatoms. The lowest BCUT2D eigenvalue weighted by Gasteiger charge is -2.26. The first kappa shape index (κ1) is 16.6. The lowest BCUT2D eigenvalue weighted by atomic mass is 10.2. The molecule has 1 atom stereocenters. The van der Waals surface area contributed by atoms with E-state index in [0.29, 0.717) is 6.54 Å². The quantitative estimate of drug-likeness (QED) is 0.839. The van der Waals surface area contributed by atoms with E-state index in [1.807, 2.05) is 17.0 Å². The van der Waals surface area contributed by atoms with Crippen LogP contribution in [-0.2, 0) is 4.74 Å². The minimum Gasteiger partial charge on any atom is -0.446 e. The van der Waals surface area contributed by atoms with Gasteiger partial charge in [-0.2, -0.15) is 0 Å². The highest BCUT2D eigenvalue weighted by Crippen LogP contribution is 2.24. The first-order chi connectivity index (χ1) is 12.2. The molecule has 3 heterocycles. The van der Waals surface area contributed by atoms with Gasteiger partial charge in [-0.3, -0.25) is 0 Å². The van der Waals surface area contributed by atoms with Gasteiger partial charge in [-0.15, -0.1) is 5.10 Å². The molecule has 2 aromatic heterocycles. The van der Waals surface area contributed by atoms with E-state index in [-0.39, 0.29) is 18.2 Å². The van der Waals surface area contributed by atoms with Gasteiger partial charge in [-0.1, -0.05) is 0 Å². The molecule has 2 fully saturated rings. The van der Waals surface area contributed by atoms with E-state index in [2.05, 4.69) is 31.3 Å². The molecule has 2 aromatic rings. The highest BCUT2D eigenvalue weighted by atomic mass is 79.9. The number of rotatable bonds is 4. The van der Waals surface area contributed by atoms with Crippen molar-refractivity contribution in [1.29, 1.82) is 0 Å². The van der Waals surface area contributed by atoms with Gasteiger partial charge in [0.25, 0.3) is 0 Å². The normalized spacial score (nSPS) is 21.2. The largest absolute Gasteiger partial charge is 0.446 e. The maximum atomic E-state index is 12.4. The highest BCUT2D eigenvalue weighted by Gasteiger charge is 2.31. The van der Waals surface area contributed by atoms with Crippen molar-refractivity contribution in [3.8, 4) is 0 Å². The fourth-order valence-electron chi connectivity index (χ4n) is 3.67. The fourth-order valence-corrected chi connectivity index (χ4v) is 4.03. The molecular weight excluding hydrogens is 386 g/mol. The monoisotopic (exact) mass is 407 g/mol. The Morgan fingerprint density at radius 1 is 1.28 bits per heavy atom. The Morgan fingerprint density at radius 3 is 2.96 bits per heavy atom. The van der Waals surface area contributed by atoms with Gasteiger partial charge in [0.05, 0.1) is 12.2 Å². The highest BCUT2D eigenvalue weighted by molar-refractivity contribution is 9.10. The van der Waals surface area contributed by atoms with Crippen LogP contribution in [0.5, 0.6) is 0 Å². The zero-order valence-corrected chi connectivity index (χ0v) is 15.6. The summed E-state index contributed by atoms with van der Waals surface area (Å²) in [6.07, 6.45) is 8.04. The Hall–Kier alpha value is -1.83. The third kappa shape index (κ3) is 3.58. The van der Waals surface area contributed by atoms with E-state index < -0.39 is 0 Å². The number of carbonyl (C=O) groups is 1. The zero-order valence-electron chi connectivity index (χ0n) is 14.0. The first-order valence-electron chi connectivity index (χ1n) is 8.92. The smallest absolute Gasteiger partial charge is 0.410 e. The molecule has 1 aliphatic carbocycles. The summed E-state index contributed by atoms with van der Waals surface area (Å²) in [5.74, 6) is 0.766. The SMILES string of the molecule is O=C(OC1CCCC1)N1CCC[C@H]1CNc1ccc2ncc(Br)n2n1. The van der Waals surface area contributed by atoms with E-state index in [1.54, 1.807) is 10.7 Å². The van der Waals surface area contributed by atoms with Crippen LogP contribution in [0.1, 0.15) is 38.5 Å². The van der Waals surface area contributed by atoms with Crippen LogP contribution in [0.25, 0.3) is 5.65 Å². The predicted octanol–water partition coefficient (Wildman–Crippen LogP) is 3.45. The predicted molar refractivity (Wildman–Crippen MR) is 97.6 cm³/mol. The Bertz CT molecular complexity index is 759. The third-order valence-corrected chi connectivity index (χ3v) is 5.56. The Balaban J connectivity index is 1.37. The first-order valence-corrected chi connectivity index (χ1v) is 9.71. The average Bonchev–Trinajstić information content (AvgIpc) is 3.35. The number of nitrogens with one attached hydrogen (secondary N) is 1. The van der Waals surface area contributed by atoms with Crippen LogP contribution in [0.15, 0.2) is 22.9 Å². The molecule has 4 rings (SSSR count). The molecule has 0 bridgehead atoms. The van der Waals surface area contributed by atoms with E-state index >= 15 is 0 Å². The molecule has 0 spiro atoms. The van der Waals surface area contributed by atoms with Crippen LogP contribution >= 0.6 is 15.9 Å². The standard InChI is InChI=1S/C17H22BrN5O2/c18-14-11-20-16-8-7-15(21-23(14)16)19-10-12-4-3-9-22(12)17(24)25-13-5-1-2-6-13/h7-8,11-13H,1-6,9-10H2,(H,19,21)/t12-/m0/s1. The molecule has 1 N–H and O–H groups in total. The van der Waals surface area contributed by atoms with Gasteiger partial charge in [0.1, 0.15) is 16.5 Å². The van der Waals surface area contributed by atoms with Crippen molar-refractivity contribution in [2.24, 2.45) is 0 Å². The number of likely N-dealkylation sites (tertiary alicyclic amines) is 1. The van der Waals surface area contributed by atoms with Crippen LogP contribution in [0.3, 0.4) is 0 Å². The summed E-state index contributed by atoms with van der Waals surface area (Å²) >= 11 is 3.43. The van der Waals surface area contributed by atoms with Gasteiger partial charge in [0, 0.05) is 13.1 Å². The van der Waals surface area contributed by atoms with Crippen LogP contribution in [-0.4, -0.2) is 50.8 Å². The third-order valence-electron chi connectivity index (χ3n) is 5.02. The van der Waals surface area contributed by atoms with E-state index in [0.717, 1.165) is 48.3 Å². The average molecular weight is 408 g/mol. The maximum absolute atomic E-state index is 12.4. The Labute approximate surface area is 154 Å². The van der Waals surface area contributed by atoms with Crippen molar-refractivity contribution < 1.29 is 9.53 Å².